The molecule has 0 saturated carbocycles. The number of hydroxylamine groups is 2. The summed E-state index contributed by atoms with van der Waals surface area (Å²) in [6.45, 7) is 2.34. The maximum Gasteiger partial charge on any atom is 0.363 e. The number of urea groups is 1. The number of para-hydroxylation sites is 1. The van der Waals surface area contributed by atoms with Gasteiger partial charge < -0.3 is 32.5 Å². The van der Waals surface area contributed by atoms with Gasteiger partial charge in [0.1, 0.15) is 5.54 Å². The molecule has 15 nitrogen and oxygen atoms in total. The number of ketones is 1. The summed E-state index contributed by atoms with van der Waals surface area (Å²) in [6.07, 6.45) is -0.796. The van der Waals surface area contributed by atoms with Crippen molar-refractivity contribution in [3.63, 3.8) is 0 Å². The third-order valence-corrected chi connectivity index (χ3v) is 5.89. The summed E-state index contributed by atoms with van der Waals surface area (Å²) < 4.78 is 0. The molecule has 2 aromatic rings. The van der Waals surface area contributed by atoms with Gasteiger partial charge >= 0.3 is 18.0 Å². The van der Waals surface area contributed by atoms with E-state index in [1.54, 1.807) is 6.07 Å². The van der Waals surface area contributed by atoms with Crippen LogP contribution in [0.15, 0.2) is 59.6 Å². The molecule has 0 aromatic heterocycles. The second kappa shape index (κ2) is 11.6. The standard InChI is InChI=1S/C25H27N7O8/c1-13(33)19(31(16-6-4-3-5-7-16)20(36)17(26)12-18(34)35)21(37)40-32-22(38)25(2,30-24(32)39)14-8-10-15(11-9-14)29-23(27)28/h3-11,17,19H,12,26H2,1-2H3,(H,30,39)(H,34,35)(H4,27,28,29)/t17-,19-,25+/m0/s1. The molecule has 210 valence electrons. The van der Waals surface area contributed by atoms with Crippen LogP contribution in [-0.4, -0.2) is 63.8 Å². The van der Waals surface area contributed by atoms with Crippen molar-refractivity contribution in [2.75, 3.05) is 4.90 Å². The minimum atomic E-state index is -2.01. The number of anilines is 1. The van der Waals surface area contributed by atoms with E-state index in [4.69, 9.17) is 27.1 Å². The van der Waals surface area contributed by atoms with E-state index in [1.807, 2.05) is 0 Å². The number of carbonyl (C=O) groups is 6. The highest BCUT2D eigenvalue weighted by Gasteiger charge is 2.52. The van der Waals surface area contributed by atoms with Crippen LogP contribution in [-0.2, 0) is 34.3 Å². The molecule has 1 aliphatic rings. The van der Waals surface area contributed by atoms with Crippen molar-refractivity contribution in [2.24, 2.45) is 22.2 Å². The fourth-order valence-electron chi connectivity index (χ4n) is 3.95. The van der Waals surface area contributed by atoms with E-state index in [0.717, 1.165) is 6.92 Å². The Labute approximate surface area is 227 Å². The number of carboxylic acids is 1. The molecule has 0 aliphatic carbocycles. The fourth-order valence-corrected chi connectivity index (χ4v) is 3.95. The highest BCUT2D eigenvalue weighted by molar-refractivity contribution is 6.15. The van der Waals surface area contributed by atoms with Crippen LogP contribution in [0.3, 0.4) is 0 Å². The SMILES string of the molecule is CC(=O)[C@@H](C(=O)ON1C(=O)N[C@](C)(c2ccc(N=C(N)N)cc2)C1=O)N(C(=O)[C@@H](N)CC(=O)O)c1ccccc1. The second-order valence-corrected chi connectivity index (χ2v) is 8.91. The van der Waals surface area contributed by atoms with Crippen LogP contribution in [0.25, 0.3) is 0 Å². The van der Waals surface area contributed by atoms with Gasteiger partial charge in [-0.15, -0.1) is 0 Å². The average molecular weight is 554 g/mol. The number of nitrogens with zero attached hydrogens (tertiary/aromatic N) is 3. The number of nitrogens with one attached hydrogen (secondary N) is 1. The zero-order valence-corrected chi connectivity index (χ0v) is 21.4. The summed E-state index contributed by atoms with van der Waals surface area (Å²) in [6, 6.07) is 8.54. The third kappa shape index (κ3) is 6.05. The van der Waals surface area contributed by atoms with Crippen LogP contribution < -0.4 is 27.4 Å². The number of carbonyl (C=O) groups excluding carboxylic acids is 5. The molecule has 1 saturated heterocycles. The van der Waals surface area contributed by atoms with Crippen LogP contribution in [0.2, 0.25) is 0 Å². The third-order valence-electron chi connectivity index (χ3n) is 5.89. The number of Topliss-reactive ketones (excluding diaryl/α,β-unsaturated/α-hetero) is 1. The number of rotatable bonds is 10. The Bertz CT molecular complexity index is 1380. The molecule has 1 fully saturated rings. The van der Waals surface area contributed by atoms with E-state index >= 15 is 0 Å². The quantitative estimate of drug-likeness (QED) is 0.110. The van der Waals surface area contributed by atoms with Crippen molar-refractivity contribution in [3.05, 3.63) is 60.2 Å². The molecule has 0 unspecified atom stereocenters. The van der Waals surface area contributed by atoms with E-state index in [1.165, 1.54) is 55.5 Å². The molecular weight excluding hydrogens is 526 g/mol. The molecule has 0 spiro atoms. The maximum absolute atomic E-state index is 13.3. The van der Waals surface area contributed by atoms with Gasteiger partial charge in [0.05, 0.1) is 18.2 Å². The number of imide groups is 1. The predicted octanol–water partition coefficient (Wildman–Crippen LogP) is -0.390. The first-order valence-corrected chi connectivity index (χ1v) is 11.7. The molecule has 8 N–H and O–H groups in total. The summed E-state index contributed by atoms with van der Waals surface area (Å²) in [5, 5.41) is 11.6. The largest absolute Gasteiger partial charge is 0.481 e. The number of aliphatic imine (C=N–C) groups is 1. The van der Waals surface area contributed by atoms with E-state index in [0.29, 0.717) is 16.2 Å². The van der Waals surface area contributed by atoms with Crippen molar-refractivity contribution in [2.45, 2.75) is 37.9 Å². The van der Waals surface area contributed by atoms with Crippen molar-refractivity contribution >= 4 is 52.9 Å². The first-order valence-electron chi connectivity index (χ1n) is 11.7. The van der Waals surface area contributed by atoms with Crippen LogP contribution >= 0.6 is 0 Å². The summed E-state index contributed by atoms with van der Waals surface area (Å²) in [4.78, 5) is 85.9. The Hall–Kier alpha value is -5.31. The van der Waals surface area contributed by atoms with Crippen molar-refractivity contribution in [3.8, 4) is 0 Å². The molecule has 4 amide bonds. The minimum absolute atomic E-state index is 0.0217. The zero-order valence-electron chi connectivity index (χ0n) is 21.4. The summed E-state index contributed by atoms with van der Waals surface area (Å²) >= 11 is 0. The number of guanidine groups is 1. The lowest BCUT2D eigenvalue weighted by Gasteiger charge is -2.31. The second-order valence-electron chi connectivity index (χ2n) is 8.91. The molecule has 15 heteroatoms. The lowest BCUT2D eigenvalue weighted by Crippen LogP contribution is -2.56. The number of aliphatic carboxylic acids is 1. The summed E-state index contributed by atoms with van der Waals surface area (Å²) in [7, 11) is 0. The maximum atomic E-state index is 13.3. The van der Waals surface area contributed by atoms with Gasteiger partial charge in [0.15, 0.2) is 17.8 Å². The highest BCUT2D eigenvalue weighted by Crippen LogP contribution is 2.31. The lowest BCUT2D eigenvalue weighted by atomic mass is 9.92. The lowest BCUT2D eigenvalue weighted by molar-refractivity contribution is -0.186. The van der Waals surface area contributed by atoms with Crippen molar-refractivity contribution < 1.29 is 38.7 Å². The summed E-state index contributed by atoms with van der Waals surface area (Å²) in [5.74, 6) is -6.01. The Morgan fingerprint density at radius 3 is 2.20 bits per heavy atom. The van der Waals surface area contributed by atoms with Gasteiger partial charge in [-0.2, -0.15) is 0 Å². The Kier molecular flexibility index (Phi) is 8.49. The first-order chi connectivity index (χ1) is 18.8. The fraction of sp³-hybridized carbons (Fsp3) is 0.240. The van der Waals surface area contributed by atoms with Gasteiger partial charge in [-0.3, -0.25) is 24.1 Å². The molecule has 2 aromatic carbocycles. The zero-order chi connectivity index (χ0) is 29.8. The Morgan fingerprint density at radius 1 is 1.07 bits per heavy atom. The molecule has 0 radical (unpaired) electrons. The molecular formula is C25H27N7O8. The molecule has 40 heavy (non-hydrogen) atoms. The Morgan fingerprint density at radius 2 is 1.68 bits per heavy atom. The monoisotopic (exact) mass is 553 g/mol. The van der Waals surface area contributed by atoms with Crippen molar-refractivity contribution in [1.82, 2.24) is 10.4 Å². The van der Waals surface area contributed by atoms with Gasteiger partial charge in [-0.25, -0.2) is 14.6 Å². The van der Waals surface area contributed by atoms with Crippen LogP contribution in [0, 0.1) is 0 Å². The number of carboxylic acid groups (broad SMARTS) is 1. The van der Waals surface area contributed by atoms with Gasteiger partial charge in [-0.1, -0.05) is 35.4 Å². The molecule has 3 rings (SSSR count). The number of hydrogen-bond donors (Lipinski definition) is 5. The molecule has 1 aliphatic heterocycles. The van der Waals surface area contributed by atoms with Gasteiger partial charge in [0, 0.05) is 5.69 Å². The normalized spacial score (nSPS) is 17.8. The van der Waals surface area contributed by atoms with Gasteiger partial charge in [-0.05, 0) is 43.7 Å². The highest BCUT2D eigenvalue weighted by atomic mass is 16.7. The molecule has 3 atom stereocenters. The van der Waals surface area contributed by atoms with Crippen molar-refractivity contribution in [1.29, 1.82) is 0 Å². The van der Waals surface area contributed by atoms with Gasteiger partial charge in [0.2, 0.25) is 5.91 Å². The summed E-state index contributed by atoms with van der Waals surface area (Å²) in [5.41, 5.74) is 15.5. The van der Waals surface area contributed by atoms with E-state index in [2.05, 4.69) is 10.3 Å². The topological polar surface area (TPSA) is 241 Å². The van der Waals surface area contributed by atoms with E-state index in [9.17, 15) is 28.8 Å². The number of nitrogens with two attached hydrogens (primary N) is 3. The van der Waals surface area contributed by atoms with Crippen LogP contribution in [0.5, 0.6) is 0 Å². The molecule has 0 bridgehead atoms. The minimum Gasteiger partial charge on any atom is -0.481 e. The van der Waals surface area contributed by atoms with Crippen LogP contribution in [0.4, 0.5) is 16.2 Å². The van der Waals surface area contributed by atoms with E-state index in [-0.39, 0.29) is 16.7 Å². The Balaban J connectivity index is 1.92. The van der Waals surface area contributed by atoms with Gasteiger partial charge in [0.25, 0.3) is 5.91 Å². The molecule has 1 heterocycles. The predicted molar refractivity (Wildman–Crippen MR) is 139 cm³/mol. The number of hydrogen-bond acceptors (Lipinski definition) is 9. The average Bonchev–Trinajstić information content (AvgIpc) is 3.10. The number of benzene rings is 2. The van der Waals surface area contributed by atoms with E-state index < -0.39 is 59.6 Å². The smallest absolute Gasteiger partial charge is 0.363 e. The first kappa shape index (κ1) is 29.2. The number of amides is 4. The van der Waals surface area contributed by atoms with Crippen LogP contribution in [0.1, 0.15) is 25.8 Å².